The largest absolute Gasteiger partial charge is 0.371 e. The van der Waals surface area contributed by atoms with Crippen LogP contribution in [0.4, 0.5) is 5.69 Å². The normalized spacial score (nSPS) is 15.5. The van der Waals surface area contributed by atoms with Crippen LogP contribution in [-0.2, 0) is 13.1 Å². The third kappa shape index (κ3) is 3.65. The highest BCUT2D eigenvalue weighted by molar-refractivity contribution is 5.53. The van der Waals surface area contributed by atoms with Gasteiger partial charge in [0.2, 0.25) is 0 Å². The van der Waals surface area contributed by atoms with Crippen LogP contribution >= 0.6 is 0 Å². The van der Waals surface area contributed by atoms with Crippen molar-refractivity contribution in [2.45, 2.75) is 38.9 Å². The molecule has 1 aromatic carbocycles. The number of aryl methyl sites for hydroxylation is 1. The summed E-state index contributed by atoms with van der Waals surface area (Å²) in [5.41, 5.74) is 2.39. The molecule has 0 aliphatic carbocycles. The molecule has 6 nitrogen and oxygen atoms in total. The maximum absolute atomic E-state index is 4.45. The molecule has 1 aliphatic rings. The third-order valence-corrected chi connectivity index (χ3v) is 5.15. The molecule has 4 rings (SSSR count). The molecular formula is C20H26N6. The molecule has 1 saturated heterocycles. The second kappa shape index (κ2) is 7.74. The lowest BCUT2D eigenvalue weighted by molar-refractivity contribution is 0.406. The van der Waals surface area contributed by atoms with Gasteiger partial charge in [-0.3, -0.25) is 0 Å². The van der Waals surface area contributed by atoms with Gasteiger partial charge in [-0.2, -0.15) is 5.10 Å². The Bertz CT molecular complexity index is 814. The molecule has 136 valence electrons. The highest BCUT2D eigenvalue weighted by Crippen LogP contribution is 2.22. The van der Waals surface area contributed by atoms with Crippen molar-refractivity contribution in [1.82, 2.24) is 24.6 Å². The van der Waals surface area contributed by atoms with Crippen LogP contribution in [0.15, 0.2) is 55.1 Å². The van der Waals surface area contributed by atoms with Gasteiger partial charge in [-0.1, -0.05) is 6.07 Å². The van der Waals surface area contributed by atoms with Crippen LogP contribution in [0.25, 0.3) is 5.69 Å². The number of rotatable bonds is 6. The fourth-order valence-electron chi connectivity index (χ4n) is 3.63. The van der Waals surface area contributed by atoms with Crippen molar-refractivity contribution in [3.05, 3.63) is 60.9 Å². The molecule has 1 aliphatic heterocycles. The zero-order chi connectivity index (χ0) is 17.8. The Balaban J connectivity index is 1.33. The van der Waals surface area contributed by atoms with E-state index in [9.17, 15) is 0 Å². The summed E-state index contributed by atoms with van der Waals surface area (Å²) in [5, 5.41) is 8.01. The van der Waals surface area contributed by atoms with Gasteiger partial charge in [0.05, 0.1) is 12.2 Å². The van der Waals surface area contributed by atoms with E-state index in [2.05, 4.69) is 56.1 Å². The molecule has 2 aromatic heterocycles. The minimum Gasteiger partial charge on any atom is -0.371 e. The van der Waals surface area contributed by atoms with Gasteiger partial charge in [-0.05, 0) is 44.0 Å². The second-order valence-corrected chi connectivity index (χ2v) is 6.74. The minimum atomic E-state index is 0.558. The summed E-state index contributed by atoms with van der Waals surface area (Å²) < 4.78 is 4.11. The fourth-order valence-corrected chi connectivity index (χ4v) is 3.63. The van der Waals surface area contributed by atoms with E-state index in [-0.39, 0.29) is 0 Å². The van der Waals surface area contributed by atoms with Gasteiger partial charge < -0.3 is 14.8 Å². The molecule has 0 radical (unpaired) electrons. The first-order valence-corrected chi connectivity index (χ1v) is 9.42. The van der Waals surface area contributed by atoms with Crippen LogP contribution in [0.5, 0.6) is 0 Å². The standard InChI is InChI=1S/C20H26N6/c1-2-24-14-10-21-20(24)16-22-17-7-12-25(13-8-17)18-5-3-6-19(15-18)26-11-4-9-23-26/h3-6,9-11,14-15,17,22H,2,7-8,12-13,16H2,1H3. The van der Waals surface area contributed by atoms with Gasteiger partial charge in [0.25, 0.3) is 0 Å². The monoisotopic (exact) mass is 350 g/mol. The second-order valence-electron chi connectivity index (χ2n) is 6.74. The van der Waals surface area contributed by atoms with E-state index in [1.54, 1.807) is 0 Å². The summed E-state index contributed by atoms with van der Waals surface area (Å²) in [6.45, 7) is 6.12. The van der Waals surface area contributed by atoms with E-state index in [0.29, 0.717) is 6.04 Å². The fraction of sp³-hybridized carbons (Fsp3) is 0.400. The van der Waals surface area contributed by atoms with Crippen molar-refractivity contribution in [2.24, 2.45) is 0 Å². The number of nitrogens with one attached hydrogen (secondary N) is 1. The number of anilines is 1. The van der Waals surface area contributed by atoms with Crippen LogP contribution < -0.4 is 10.2 Å². The van der Waals surface area contributed by atoms with Crippen LogP contribution in [0.2, 0.25) is 0 Å². The van der Waals surface area contributed by atoms with Crippen molar-refractivity contribution in [3.63, 3.8) is 0 Å². The van der Waals surface area contributed by atoms with Gasteiger partial charge in [0.15, 0.2) is 0 Å². The predicted molar refractivity (Wildman–Crippen MR) is 104 cm³/mol. The lowest BCUT2D eigenvalue weighted by atomic mass is 10.0. The van der Waals surface area contributed by atoms with Gasteiger partial charge in [-0.25, -0.2) is 9.67 Å². The van der Waals surface area contributed by atoms with Crippen LogP contribution in [0.1, 0.15) is 25.6 Å². The SMILES string of the molecule is CCn1ccnc1CNC1CCN(c2cccc(-n3cccn3)c2)CC1. The van der Waals surface area contributed by atoms with Crippen LogP contribution in [0, 0.1) is 0 Å². The molecule has 6 heteroatoms. The van der Waals surface area contributed by atoms with Crippen molar-refractivity contribution in [1.29, 1.82) is 0 Å². The molecule has 3 aromatic rings. The summed E-state index contributed by atoms with van der Waals surface area (Å²) in [7, 11) is 0. The number of hydrogen-bond donors (Lipinski definition) is 1. The Labute approximate surface area is 154 Å². The molecule has 0 saturated carbocycles. The zero-order valence-corrected chi connectivity index (χ0v) is 15.3. The van der Waals surface area contributed by atoms with E-state index >= 15 is 0 Å². The highest BCUT2D eigenvalue weighted by Gasteiger charge is 2.19. The average Bonchev–Trinajstić information content (AvgIpc) is 3.38. The number of benzene rings is 1. The molecule has 0 atom stereocenters. The average molecular weight is 350 g/mol. The Kier molecular flexibility index (Phi) is 5.02. The molecule has 0 bridgehead atoms. The first-order chi connectivity index (χ1) is 12.8. The Hall–Kier alpha value is -2.60. The number of nitrogens with zero attached hydrogens (tertiary/aromatic N) is 5. The van der Waals surface area contributed by atoms with E-state index < -0.39 is 0 Å². The van der Waals surface area contributed by atoms with E-state index in [1.165, 1.54) is 5.69 Å². The number of hydrogen-bond acceptors (Lipinski definition) is 4. The van der Waals surface area contributed by atoms with E-state index in [0.717, 1.165) is 50.5 Å². The number of imidazole rings is 1. The summed E-state index contributed by atoms with van der Waals surface area (Å²) in [5.74, 6) is 1.13. The van der Waals surface area contributed by atoms with Gasteiger partial charge in [0.1, 0.15) is 5.82 Å². The maximum atomic E-state index is 4.45. The molecule has 1 fully saturated rings. The minimum absolute atomic E-state index is 0.558. The summed E-state index contributed by atoms with van der Waals surface area (Å²) in [4.78, 5) is 6.92. The highest BCUT2D eigenvalue weighted by atomic mass is 15.3. The summed E-state index contributed by atoms with van der Waals surface area (Å²) >= 11 is 0. The summed E-state index contributed by atoms with van der Waals surface area (Å²) in [6, 6.07) is 11.1. The first-order valence-electron chi connectivity index (χ1n) is 9.42. The van der Waals surface area contributed by atoms with Crippen LogP contribution in [-0.4, -0.2) is 38.5 Å². The Morgan fingerprint density at radius 1 is 1.08 bits per heavy atom. The molecule has 0 unspecified atom stereocenters. The molecule has 0 amide bonds. The van der Waals surface area contributed by atoms with Crippen molar-refractivity contribution < 1.29 is 0 Å². The lowest BCUT2D eigenvalue weighted by Crippen LogP contribution is -2.42. The topological polar surface area (TPSA) is 50.9 Å². The molecule has 0 spiro atoms. The van der Waals surface area contributed by atoms with Crippen molar-refractivity contribution >= 4 is 5.69 Å². The van der Waals surface area contributed by atoms with Crippen molar-refractivity contribution in [3.8, 4) is 5.69 Å². The Morgan fingerprint density at radius 2 is 1.92 bits per heavy atom. The predicted octanol–water partition coefficient (Wildman–Crippen LogP) is 2.85. The molecule has 26 heavy (non-hydrogen) atoms. The number of piperidine rings is 1. The summed E-state index contributed by atoms with van der Waals surface area (Å²) in [6.07, 6.45) is 10.0. The van der Waals surface area contributed by atoms with Crippen molar-refractivity contribution in [2.75, 3.05) is 18.0 Å². The van der Waals surface area contributed by atoms with Gasteiger partial charge in [0, 0.05) is 56.2 Å². The van der Waals surface area contributed by atoms with E-state index in [4.69, 9.17) is 0 Å². The zero-order valence-electron chi connectivity index (χ0n) is 15.3. The van der Waals surface area contributed by atoms with Crippen LogP contribution in [0.3, 0.4) is 0 Å². The van der Waals surface area contributed by atoms with E-state index in [1.807, 2.05) is 35.5 Å². The first kappa shape index (κ1) is 16.8. The molecular weight excluding hydrogens is 324 g/mol. The molecule has 3 heterocycles. The third-order valence-electron chi connectivity index (χ3n) is 5.15. The maximum Gasteiger partial charge on any atom is 0.122 e. The Morgan fingerprint density at radius 3 is 2.69 bits per heavy atom. The quantitative estimate of drug-likeness (QED) is 0.743. The van der Waals surface area contributed by atoms with Gasteiger partial charge >= 0.3 is 0 Å². The lowest BCUT2D eigenvalue weighted by Gasteiger charge is -2.34. The smallest absolute Gasteiger partial charge is 0.122 e. The molecule has 1 N–H and O–H groups in total. The van der Waals surface area contributed by atoms with Gasteiger partial charge in [-0.15, -0.1) is 0 Å². The number of aromatic nitrogens is 4.